The molecule has 1 N–H and O–H groups in total. The molecule has 0 aliphatic carbocycles. The normalized spacial score (nSPS) is 15.4. The summed E-state index contributed by atoms with van der Waals surface area (Å²) in [5, 5.41) is 10.8. The summed E-state index contributed by atoms with van der Waals surface area (Å²) in [4.78, 5) is 13.9. The van der Waals surface area contributed by atoms with Crippen molar-refractivity contribution in [1.82, 2.24) is 25.0 Å². The highest BCUT2D eigenvalue weighted by atomic mass is 16.5. The van der Waals surface area contributed by atoms with Crippen molar-refractivity contribution < 1.29 is 14.3 Å². The Bertz CT molecular complexity index is 700. The summed E-state index contributed by atoms with van der Waals surface area (Å²) in [6.07, 6.45) is 2.54. The van der Waals surface area contributed by atoms with Crippen molar-refractivity contribution in [3.8, 4) is 5.75 Å². The Morgan fingerprint density at radius 3 is 2.77 bits per heavy atom. The van der Waals surface area contributed by atoms with E-state index < -0.39 is 0 Å². The van der Waals surface area contributed by atoms with Gasteiger partial charge in [0.1, 0.15) is 12.1 Å². The zero-order valence-electron chi connectivity index (χ0n) is 15.2. The lowest BCUT2D eigenvalue weighted by atomic mass is 10.2. The number of rotatable bonds is 8. The largest absolute Gasteiger partial charge is 0.494 e. The number of urea groups is 1. The Labute approximate surface area is 153 Å². The summed E-state index contributed by atoms with van der Waals surface area (Å²) >= 11 is 0. The molecule has 140 valence electrons. The van der Waals surface area contributed by atoms with E-state index in [1.54, 1.807) is 15.8 Å². The fourth-order valence-corrected chi connectivity index (χ4v) is 2.75. The molecule has 0 bridgehead atoms. The van der Waals surface area contributed by atoms with Gasteiger partial charge in [-0.15, -0.1) is 10.2 Å². The summed E-state index contributed by atoms with van der Waals surface area (Å²) in [7, 11) is 1.85. The fourth-order valence-electron chi connectivity index (χ4n) is 2.75. The predicted octanol–water partition coefficient (Wildman–Crippen LogP) is 1.76. The number of aromatic nitrogens is 3. The zero-order chi connectivity index (χ0) is 18.4. The average molecular weight is 359 g/mol. The number of likely N-dealkylation sites (tertiary alicyclic amines) is 1. The molecule has 1 aliphatic heterocycles. The highest BCUT2D eigenvalue weighted by Gasteiger charge is 2.32. The zero-order valence-corrected chi connectivity index (χ0v) is 15.2. The first-order valence-corrected chi connectivity index (χ1v) is 8.82. The number of ether oxygens (including phenoxy) is 2. The van der Waals surface area contributed by atoms with Crippen LogP contribution in [0.3, 0.4) is 0 Å². The lowest BCUT2D eigenvalue weighted by Crippen LogP contribution is -2.58. The van der Waals surface area contributed by atoms with Crippen LogP contribution in [0.1, 0.15) is 25.2 Å². The minimum Gasteiger partial charge on any atom is -0.494 e. The number of hydrogen-bond donors (Lipinski definition) is 1. The molecule has 1 aromatic carbocycles. The van der Waals surface area contributed by atoms with Gasteiger partial charge in [-0.05, 0) is 19.1 Å². The van der Waals surface area contributed by atoms with Gasteiger partial charge in [0.25, 0.3) is 0 Å². The van der Waals surface area contributed by atoms with E-state index in [1.807, 2.05) is 44.3 Å². The van der Waals surface area contributed by atoms with Gasteiger partial charge in [0.2, 0.25) is 0 Å². The van der Waals surface area contributed by atoms with Gasteiger partial charge in [0, 0.05) is 13.5 Å². The smallest absolute Gasteiger partial charge is 0.318 e. The van der Waals surface area contributed by atoms with Crippen LogP contribution in [0, 0.1) is 0 Å². The molecule has 8 nitrogen and oxygen atoms in total. The van der Waals surface area contributed by atoms with Crippen LogP contribution >= 0.6 is 0 Å². The third kappa shape index (κ3) is 4.72. The van der Waals surface area contributed by atoms with Gasteiger partial charge in [-0.1, -0.05) is 18.2 Å². The van der Waals surface area contributed by atoms with Gasteiger partial charge in [-0.2, -0.15) is 0 Å². The molecule has 26 heavy (non-hydrogen) atoms. The van der Waals surface area contributed by atoms with E-state index in [0.29, 0.717) is 26.3 Å². The number of nitrogens with zero attached hydrogens (tertiary/aromatic N) is 4. The molecule has 1 fully saturated rings. The Kier molecular flexibility index (Phi) is 6.06. The van der Waals surface area contributed by atoms with E-state index in [9.17, 15) is 4.79 Å². The molecule has 0 radical (unpaired) electrons. The number of para-hydroxylation sites is 1. The molecule has 1 unspecified atom stereocenters. The molecule has 2 aromatic rings. The van der Waals surface area contributed by atoms with Gasteiger partial charge >= 0.3 is 6.03 Å². The maximum Gasteiger partial charge on any atom is 0.318 e. The van der Waals surface area contributed by atoms with E-state index in [4.69, 9.17) is 9.47 Å². The molecule has 0 spiro atoms. The van der Waals surface area contributed by atoms with Gasteiger partial charge in [0.15, 0.2) is 5.82 Å². The number of aryl methyl sites for hydroxylation is 1. The van der Waals surface area contributed by atoms with E-state index >= 15 is 0 Å². The standard InChI is InChI=1S/C18H25N5O3/c1-14(17-21-19-13-22(17)2)20-18(24)23-11-16(12-23)26-10-6-9-25-15-7-4-3-5-8-15/h3-5,7-8,13-14,16H,6,9-12H2,1-2H3,(H,20,24). The van der Waals surface area contributed by atoms with Crippen molar-refractivity contribution in [3.63, 3.8) is 0 Å². The van der Waals surface area contributed by atoms with E-state index in [-0.39, 0.29) is 18.2 Å². The van der Waals surface area contributed by atoms with Gasteiger partial charge in [0.05, 0.1) is 38.4 Å². The second-order valence-electron chi connectivity index (χ2n) is 6.38. The number of benzene rings is 1. The van der Waals surface area contributed by atoms with Crippen molar-refractivity contribution in [3.05, 3.63) is 42.5 Å². The molecule has 2 heterocycles. The van der Waals surface area contributed by atoms with Gasteiger partial charge in [-0.3, -0.25) is 0 Å². The molecule has 1 aliphatic rings. The van der Waals surface area contributed by atoms with Crippen LogP contribution in [0.5, 0.6) is 5.75 Å². The second kappa shape index (κ2) is 8.66. The average Bonchev–Trinajstić information content (AvgIpc) is 3.03. The molecule has 0 saturated carbocycles. The van der Waals surface area contributed by atoms with Crippen LogP contribution in [0.25, 0.3) is 0 Å². The van der Waals surface area contributed by atoms with Crippen molar-refractivity contribution in [2.45, 2.75) is 25.5 Å². The highest BCUT2D eigenvalue weighted by molar-refractivity contribution is 5.75. The van der Waals surface area contributed by atoms with Gasteiger partial charge < -0.3 is 24.3 Å². The molecule has 3 rings (SSSR count). The maximum atomic E-state index is 12.2. The molecular formula is C18H25N5O3. The van der Waals surface area contributed by atoms with E-state index in [2.05, 4.69) is 15.5 Å². The second-order valence-corrected chi connectivity index (χ2v) is 6.38. The molecule has 1 atom stereocenters. The SMILES string of the molecule is CC(NC(=O)N1CC(OCCCOc2ccccc2)C1)c1nncn1C. The van der Waals surface area contributed by atoms with Crippen LogP contribution in [-0.4, -0.2) is 58.1 Å². The van der Waals surface area contributed by atoms with E-state index in [1.165, 1.54) is 0 Å². The lowest BCUT2D eigenvalue weighted by Gasteiger charge is -2.39. The molecule has 2 amide bonds. The van der Waals surface area contributed by atoms with Crippen LogP contribution in [-0.2, 0) is 11.8 Å². The number of nitrogens with one attached hydrogen (secondary N) is 1. The highest BCUT2D eigenvalue weighted by Crippen LogP contribution is 2.15. The Hall–Kier alpha value is -2.61. The third-order valence-electron chi connectivity index (χ3n) is 4.26. The fraction of sp³-hybridized carbons (Fsp3) is 0.500. The molecular weight excluding hydrogens is 334 g/mol. The van der Waals surface area contributed by atoms with Crippen LogP contribution in [0.15, 0.2) is 36.7 Å². The van der Waals surface area contributed by atoms with E-state index in [0.717, 1.165) is 18.0 Å². The summed E-state index contributed by atoms with van der Waals surface area (Å²) < 4.78 is 13.2. The Balaban J connectivity index is 1.27. The Morgan fingerprint density at radius 2 is 2.08 bits per heavy atom. The third-order valence-corrected chi connectivity index (χ3v) is 4.26. The summed E-state index contributed by atoms with van der Waals surface area (Å²) in [6.45, 7) is 4.36. The number of carbonyl (C=O) groups is 1. The predicted molar refractivity (Wildman–Crippen MR) is 95.8 cm³/mol. The number of carbonyl (C=O) groups excluding carboxylic acids is 1. The summed E-state index contributed by atoms with van der Waals surface area (Å²) in [5.41, 5.74) is 0. The molecule has 1 saturated heterocycles. The number of amides is 2. The topological polar surface area (TPSA) is 81.5 Å². The number of hydrogen-bond acceptors (Lipinski definition) is 5. The van der Waals surface area contributed by atoms with Gasteiger partial charge in [-0.25, -0.2) is 4.79 Å². The van der Waals surface area contributed by atoms with Crippen molar-refractivity contribution in [1.29, 1.82) is 0 Å². The van der Waals surface area contributed by atoms with Crippen LogP contribution in [0.2, 0.25) is 0 Å². The first-order chi connectivity index (χ1) is 12.6. The first kappa shape index (κ1) is 18.2. The van der Waals surface area contributed by atoms with Crippen molar-refractivity contribution in [2.75, 3.05) is 26.3 Å². The molecule has 1 aromatic heterocycles. The maximum absolute atomic E-state index is 12.2. The minimum absolute atomic E-state index is 0.0996. The van der Waals surface area contributed by atoms with Crippen molar-refractivity contribution >= 4 is 6.03 Å². The summed E-state index contributed by atoms with van der Waals surface area (Å²) in [5.74, 6) is 1.60. The lowest BCUT2D eigenvalue weighted by molar-refractivity contribution is -0.0386. The first-order valence-electron chi connectivity index (χ1n) is 8.82. The summed E-state index contributed by atoms with van der Waals surface area (Å²) in [6, 6.07) is 9.44. The Morgan fingerprint density at radius 1 is 1.31 bits per heavy atom. The van der Waals surface area contributed by atoms with Crippen LogP contribution in [0.4, 0.5) is 4.79 Å². The minimum atomic E-state index is -0.190. The molecule has 8 heteroatoms. The van der Waals surface area contributed by atoms with Crippen molar-refractivity contribution in [2.24, 2.45) is 7.05 Å². The monoisotopic (exact) mass is 359 g/mol. The van der Waals surface area contributed by atoms with Crippen LogP contribution < -0.4 is 10.1 Å². The quantitative estimate of drug-likeness (QED) is 0.726.